The average Bonchev–Trinajstić information content (AvgIpc) is 3.03. The molecular formula is C17H20FN3OS. The number of aromatic nitrogens is 2. The summed E-state index contributed by atoms with van der Waals surface area (Å²) in [6.45, 7) is 5.07. The van der Waals surface area contributed by atoms with Crippen LogP contribution in [0.4, 0.5) is 10.2 Å². The number of hydrogen-bond acceptors (Lipinski definition) is 3. The largest absolute Gasteiger partial charge is 0.308 e. The molecule has 0 radical (unpaired) electrons. The zero-order chi connectivity index (χ0) is 16.6. The maximum absolute atomic E-state index is 14.2. The van der Waals surface area contributed by atoms with Crippen molar-refractivity contribution >= 4 is 27.9 Å². The Morgan fingerprint density at radius 3 is 3.00 bits per heavy atom. The van der Waals surface area contributed by atoms with Crippen LogP contribution in [0.2, 0.25) is 0 Å². The predicted octanol–water partition coefficient (Wildman–Crippen LogP) is 4.45. The fourth-order valence-corrected chi connectivity index (χ4v) is 3.74. The Labute approximate surface area is 138 Å². The first-order valence-corrected chi connectivity index (χ1v) is 8.51. The number of nitrogens with zero attached hydrogens (tertiary/aromatic N) is 2. The number of alkyl halides is 1. The summed E-state index contributed by atoms with van der Waals surface area (Å²) in [6.07, 6.45) is 9.13. The number of halogens is 1. The topological polar surface area (TPSA) is 46.4 Å². The van der Waals surface area contributed by atoms with Crippen LogP contribution in [0.3, 0.4) is 0 Å². The monoisotopic (exact) mass is 333 g/mol. The van der Waals surface area contributed by atoms with Gasteiger partial charge in [-0.25, -0.2) is 9.37 Å². The van der Waals surface area contributed by atoms with E-state index in [2.05, 4.69) is 29.4 Å². The SMILES string of the molecule is CC1=CCC(CC(=O)Nc2ncn3c(C(C)(C)F)csc23)C=C1. The first-order chi connectivity index (χ1) is 10.8. The maximum Gasteiger partial charge on any atom is 0.226 e. The maximum atomic E-state index is 14.2. The molecule has 1 unspecified atom stereocenters. The smallest absolute Gasteiger partial charge is 0.226 e. The van der Waals surface area contributed by atoms with Crippen molar-refractivity contribution < 1.29 is 9.18 Å². The number of nitrogens with one attached hydrogen (secondary N) is 1. The van der Waals surface area contributed by atoms with Gasteiger partial charge in [0.25, 0.3) is 0 Å². The van der Waals surface area contributed by atoms with Crippen LogP contribution >= 0.6 is 11.3 Å². The first-order valence-electron chi connectivity index (χ1n) is 7.63. The number of fused-ring (bicyclic) bond motifs is 1. The normalized spacial score (nSPS) is 18.3. The van der Waals surface area contributed by atoms with Crippen LogP contribution in [0.5, 0.6) is 0 Å². The summed E-state index contributed by atoms with van der Waals surface area (Å²) in [5, 5.41) is 4.62. The molecule has 2 heterocycles. The average molecular weight is 333 g/mol. The van der Waals surface area contributed by atoms with Gasteiger partial charge in [0, 0.05) is 11.8 Å². The van der Waals surface area contributed by atoms with Gasteiger partial charge in [0.1, 0.15) is 16.8 Å². The molecule has 1 N–H and O–H groups in total. The molecule has 2 aromatic rings. The molecule has 6 heteroatoms. The van der Waals surface area contributed by atoms with Gasteiger partial charge in [-0.15, -0.1) is 11.3 Å². The van der Waals surface area contributed by atoms with E-state index >= 15 is 0 Å². The van der Waals surface area contributed by atoms with Crippen LogP contribution in [0, 0.1) is 5.92 Å². The minimum Gasteiger partial charge on any atom is -0.308 e. The third-order valence-electron chi connectivity index (χ3n) is 3.95. The van der Waals surface area contributed by atoms with E-state index in [-0.39, 0.29) is 11.8 Å². The third kappa shape index (κ3) is 3.37. The Hall–Kier alpha value is -1.95. The van der Waals surface area contributed by atoms with E-state index < -0.39 is 5.67 Å². The molecule has 0 fully saturated rings. The Bertz CT molecular complexity index is 794. The van der Waals surface area contributed by atoms with Crippen molar-refractivity contribution in [2.75, 3.05) is 5.32 Å². The van der Waals surface area contributed by atoms with E-state index in [9.17, 15) is 9.18 Å². The van der Waals surface area contributed by atoms with Crippen molar-refractivity contribution in [3.63, 3.8) is 0 Å². The molecular weight excluding hydrogens is 313 g/mol. The Balaban J connectivity index is 1.71. The van der Waals surface area contributed by atoms with Gasteiger partial charge >= 0.3 is 0 Å². The Morgan fingerprint density at radius 2 is 2.35 bits per heavy atom. The molecule has 2 aromatic heterocycles. The number of hydrogen-bond donors (Lipinski definition) is 1. The van der Waals surface area contributed by atoms with Crippen LogP contribution in [-0.2, 0) is 10.5 Å². The highest BCUT2D eigenvalue weighted by molar-refractivity contribution is 7.16. The number of imidazole rings is 1. The van der Waals surface area contributed by atoms with Crippen molar-refractivity contribution in [1.29, 1.82) is 0 Å². The van der Waals surface area contributed by atoms with Crippen molar-refractivity contribution in [2.24, 2.45) is 5.92 Å². The lowest BCUT2D eigenvalue weighted by Gasteiger charge is -2.13. The van der Waals surface area contributed by atoms with Gasteiger partial charge in [-0.3, -0.25) is 9.20 Å². The minimum atomic E-state index is -1.45. The molecule has 1 aliphatic carbocycles. The lowest BCUT2D eigenvalue weighted by molar-refractivity contribution is -0.116. The fourth-order valence-electron chi connectivity index (χ4n) is 2.65. The molecule has 1 aliphatic rings. The third-order valence-corrected chi connectivity index (χ3v) is 4.91. The lowest BCUT2D eigenvalue weighted by atomic mass is 9.94. The van der Waals surface area contributed by atoms with Crippen LogP contribution < -0.4 is 5.32 Å². The van der Waals surface area contributed by atoms with Crippen molar-refractivity contribution in [3.8, 4) is 0 Å². The summed E-state index contributed by atoms with van der Waals surface area (Å²) >= 11 is 1.38. The molecule has 1 amide bonds. The summed E-state index contributed by atoms with van der Waals surface area (Å²) in [5.74, 6) is 0.658. The van der Waals surface area contributed by atoms with E-state index in [0.717, 1.165) is 11.3 Å². The molecule has 0 spiro atoms. The summed E-state index contributed by atoms with van der Waals surface area (Å²) < 4.78 is 15.9. The number of rotatable bonds is 4. The van der Waals surface area contributed by atoms with Crippen molar-refractivity contribution in [2.45, 2.75) is 39.3 Å². The quantitative estimate of drug-likeness (QED) is 0.898. The second-order valence-electron chi connectivity index (χ2n) is 6.42. The fraction of sp³-hybridized carbons (Fsp3) is 0.412. The van der Waals surface area contributed by atoms with E-state index in [1.807, 2.05) is 6.08 Å². The predicted molar refractivity (Wildman–Crippen MR) is 91.5 cm³/mol. The number of allylic oxidation sites excluding steroid dienone is 4. The number of anilines is 1. The van der Waals surface area contributed by atoms with Crippen molar-refractivity contribution in [1.82, 2.24) is 9.38 Å². The number of amides is 1. The van der Waals surface area contributed by atoms with Crippen LogP contribution in [0.1, 0.15) is 39.3 Å². The van der Waals surface area contributed by atoms with Gasteiger partial charge in [-0.1, -0.05) is 23.8 Å². The molecule has 122 valence electrons. The summed E-state index contributed by atoms with van der Waals surface area (Å²) in [7, 11) is 0. The van der Waals surface area contributed by atoms with Crippen LogP contribution in [-0.4, -0.2) is 15.3 Å². The van der Waals surface area contributed by atoms with Gasteiger partial charge in [-0.05, 0) is 33.1 Å². The highest BCUT2D eigenvalue weighted by atomic mass is 32.1. The van der Waals surface area contributed by atoms with Gasteiger partial charge in [0.2, 0.25) is 5.91 Å². The summed E-state index contributed by atoms with van der Waals surface area (Å²) in [5.41, 5.74) is 0.330. The van der Waals surface area contributed by atoms with Gasteiger partial charge in [-0.2, -0.15) is 0 Å². The molecule has 23 heavy (non-hydrogen) atoms. The Morgan fingerprint density at radius 1 is 1.57 bits per heavy atom. The van der Waals surface area contributed by atoms with E-state index in [0.29, 0.717) is 17.9 Å². The molecule has 0 saturated carbocycles. The molecule has 0 saturated heterocycles. The Kier molecular flexibility index (Phi) is 4.10. The summed E-state index contributed by atoms with van der Waals surface area (Å²) in [6, 6.07) is 0. The van der Waals surface area contributed by atoms with Gasteiger partial charge in [0.15, 0.2) is 5.82 Å². The van der Waals surface area contributed by atoms with Gasteiger partial charge < -0.3 is 5.32 Å². The molecule has 3 rings (SSSR count). The first kappa shape index (κ1) is 15.9. The second-order valence-corrected chi connectivity index (χ2v) is 7.28. The number of thiazole rings is 1. The van der Waals surface area contributed by atoms with E-state index in [1.54, 1.807) is 16.1 Å². The number of carbonyl (C=O) groups is 1. The minimum absolute atomic E-state index is 0.0670. The van der Waals surface area contributed by atoms with Crippen molar-refractivity contribution in [3.05, 3.63) is 41.2 Å². The second kappa shape index (κ2) is 5.92. The molecule has 4 nitrogen and oxygen atoms in total. The molecule has 0 bridgehead atoms. The standard InChI is InChI=1S/C17H20FN3OS/c1-11-4-6-12(7-5-11)8-14(22)20-15-16-21(10-19-15)13(9-23-16)17(2,3)18/h4-6,9-10,12H,7-8H2,1-3H3,(H,20,22). The summed E-state index contributed by atoms with van der Waals surface area (Å²) in [4.78, 5) is 17.2. The lowest BCUT2D eigenvalue weighted by Crippen LogP contribution is -2.16. The molecule has 0 aromatic carbocycles. The highest BCUT2D eigenvalue weighted by Gasteiger charge is 2.25. The van der Waals surface area contributed by atoms with Gasteiger partial charge in [0.05, 0.1) is 5.69 Å². The molecule has 0 aliphatic heterocycles. The van der Waals surface area contributed by atoms with E-state index in [1.165, 1.54) is 30.8 Å². The van der Waals surface area contributed by atoms with E-state index in [4.69, 9.17) is 0 Å². The van der Waals surface area contributed by atoms with Crippen LogP contribution in [0.25, 0.3) is 4.83 Å². The zero-order valence-corrected chi connectivity index (χ0v) is 14.3. The van der Waals surface area contributed by atoms with Crippen LogP contribution in [0.15, 0.2) is 35.5 Å². The molecule has 1 atom stereocenters. The number of carbonyl (C=O) groups excluding carboxylic acids is 1. The zero-order valence-electron chi connectivity index (χ0n) is 13.5. The highest BCUT2D eigenvalue weighted by Crippen LogP contribution is 2.32.